The van der Waals surface area contributed by atoms with Crippen molar-refractivity contribution in [3.63, 3.8) is 0 Å². The van der Waals surface area contributed by atoms with Crippen molar-refractivity contribution in [1.29, 1.82) is 0 Å². The van der Waals surface area contributed by atoms with E-state index in [0.717, 1.165) is 5.57 Å². The van der Waals surface area contributed by atoms with Crippen molar-refractivity contribution in [1.82, 2.24) is 10.5 Å². The molecule has 4 heteroatoms. The van der Waals surface area contributed by atoms with E-state index in [1.54, 1.807) is 0 Å². The van der Waals surface area contributed by atoms with Gasteiger partial charge in [0.05, 0.1) is 0 Å². The van der Waals surface area contributed by atoms with Crippen LogP contribution in [0.5, 0.6) is 5.88 Å². The third-order valence-electron chi connectivity index (χ3n) is 1.77. The molecule has 2 N–H and O–H groups in total. The van der Waals surface area contributed by atoms with Crippen LogP contribution in [0.2, 0.25) is 0 Å². The molecular formula is C8H12N2O2. The molecule has 1 aromatic heterocycles. The standard InChI is InChI=1S/C8H12N2O2/c1-5(6(2)9-3)7-4-8(11)10-12-7/h4,6,9H,1H2,2-3H3,(H,10,11). The average molecular weight is 168 g/mol. The lowest BCUT2D eigenvalue weighted by Crippen LogP contribution is -2.21. The van der Waals surface area contributed by atoms with Crippen LogP contribution in [-0.2, 0) is 0 Å². The van der Waals surface area contributed by atoms with Crippen LogP contribution in [0, 0.1) is 0 Å². The zero-order valence-corrected chi connectivity index (χ0v) is 7.16. The van der Waals surface area contributed by atoms with Gasteiger partial charge in [-0.05, 0) is 19.1 Å². The lowest BCUT2D eigenvalue weighted by Gasteiger charge is -2.09. The molecule has 0 saturated heterocycles. The smallest absolute Gasteiger partial charge is 0.252 e. The summed E-state index contributed by atoms with van der Waals surface area (Å²) >= 11 is 0. The summed E-state index contributed by atoms with van der Waals surface area (Å²) in [6.07, 6.45) is 0. The van der Waals surface area contributed by atoms with Crippen LogP contribution in [0.15, 0.2) is 17.2 Å². The van der Waals surface area contributed by atoms with Gasteiger partial charge < -0.3 is 14.9 Å². The Labute approximate surface area is 70.9 Å². The van der Waals surface area contributed by atoms with Crippen molar-refractivity contribution in [2.24, 2.45) is 0 Å². The van der Waals surface area contributed by atoms with Crippen LogP contribution in [0.25, 0.3) is 5.57 Å². The second-order valence-electron chi connectivity index (χ2n) is 2.58. The zero-order chi connectivity index (χ0) is 9.14. The molecule has 0 amide bonds. The van der Waals surface area contributed by atoms with Gasteiger partial charge in [0.15, 0.2) is 5.76 Å². The predicted molar refractivity (Wildman–Crippen MR) is 45.7 cm³/mol. The maximum absolute atomic E-state index is 8.89. The lowest BCUT2D eigenvalue weighted by atomic mass is 10.1. The third-order valence-corrected chi connectivity index (χ3v) is 1.77. The Morgan fingerprint density at radius 2 is 2.50 bits per heavy atom. The minimum absolute atomic E-state index is 0.109. The molecule has 0 aromatic carbocycles. The van der Waals surface area contributed by atoms with Gasteiger partial charge in [0.1, 0.15) is 0 Å². The molecule has 0 aliphatic rings. The van der Waals surface area contributed by atoms with E-state index >= 15 is 0 Å². The average Bonchev–Trinajstić information content (AvgIpc) is 2.49. The Balaban J connectivity index is 2.78. The Kier molecular flexibility index (Phi) is 2.50. The SMILES string of the molecule is C=C(c1cc(O)no1)C(C)NC. The van der Waals surface area contributed by atoms with Gasteiger partial charge in [-0.25, -0.2) is 0 Å². The van der Waals surface area contributed by atoms with Crippen molar-refractivity contribution in [3.05, 3.63) is 18.4 Å². The first-order valence-corrected chi connectivity index (χ1v) is 3.67. The first-order valence-electron chi connectivity index (χ1n) is 3.67. The van der Waals surface area contributed by atoms with Crippen LogP contribution in [0.3, 0.4) is 0 Å². The van der Waals surface area contributed by atoms with Crippen LogP contribution < -0.4 is 5.32 Å². The molecule has 1 atom stereocenters. The first kappa shape index (κ1) is 8.80. The van der Waals surface area contributed by atoms with E-state index in [2.05, 4.69) is 17.1 Å². The normalized spacial score (nSPS) is 12.8. The van der Waals surface area contributed by atoms with Crippen molar-refractivity contribution >= 4 is 5.57 Å². The predicted octanol–water partition coefficient (Wildman–Crippen LogP) is 1.00. The fourth-order valence-electron chi connectivity index (χ4n) is 0.805. The van der Waals surface area contributed by atoms with E-state index in [0.29, 0.717) is 5.76 Å². The number of likely N-dealkylation sites (N-methyl/N-ethyl adjacent to an activating group) is 1. The maximum atomic E-state index is 8.89. The molecule has 1 aromatic rings. The van der Waals surface area contributed by atoms with Gasteiger partial charge in [-0.2, -0.15) is 0 Å². The van der Waals surface area contributed by atoms with Crippen molar-refractivity contribution in [2.45, 2.75) is 13.0 Å². The number of hydrogen-bond donors (Lipinski definition) is 2. The van der Waals surface area contributed by atoms with E-state index in [9.17, 15) is 0 Å². The number of nitrogens with zero attached hydrogens (tertiary/aromatic N) is 1. The summed E-state index contributed by atoms with van der Waals surface area (Å²) in [5, 5.41) is 15.2. The summed E-state index contributed by atoms with van der Waals surface area (Å²) in [5.41, 5.74) is 0.769. The first-order chi connectivity index (χ1) is 5.65. The summed E-state index contributed by atoms with van der Waals surface area (Å²) in [5.74, 6) is 0.392. The molecular weight excluding hydrogens is 156 g/mol. The van der Waals surface area contributed by atoms with E-state index in [1.165, 1.54) is 6.07 Å². The molecule has 1 rings (SSSR count). The van der Waals surface area contributed by atoms with Gasteiger partial charge in [-0.1, -0.05) is 6.58 Å². The monoisotopic (exact) mass is 168 g/mol. The quantitative estimate of drug-likeness (QED) is 0.707. The molecule has 12 heavy (non-hydrogen) atoms. The third kappa shape index (κ3) is 1.65. The molecule has 0 fully saturated rings. The van der Waals surface area contributed by atoms with Crippen LogP contribution in [0.1, 0.15) is 12.7 Å². The van der Waals surface area contributed by atoms with Gasteiger partial charge in [0, 0.05) is 17.7 Å². The highest BCUT2D eigenvalue weighted by atomic mass is 16.5. The molecule has 0 bridgehead atoms. The van der Waals surface area contributed by atoms with E-state index < -0.39 is 0 Å². The topological polar surface area (TPSA) is 58.3 Å². The number of nitrogens with one attached hydrogen (secondary N) is 1. The minimum Gasteiger partial charge on any atom is -0.491 e. The van der Waals surface area contributed by atoms with Gasteiger partial charge in [0.25, 0.3) is 5.88 Å². The second kappa shape index (κ2) is 3.40. The van der Waals surface area contributed by atoms with Gasteiger partial charge in [0.2, 0.25) is 0 Å². The fourth-order valence-corrected chi connectivity index (χ4v) is 0.805. The molecule has 0 aliphatic heterocycles. The summed E-state index contributed by atoms with van der Waals surface area (Å²) in [6.45, 7) is 5.75. The minimum atomic E-state index is -0.116. The number of aromatic nitrogens is 1. The molecule has 0 saturated carbocycles. The number of aromatic hydroxyl groups is 1. The highest BCUT2D eigenvalue weighted by Gasteiger charge is 2.11. The van der Waals surface area contributed by atoms with E-state index in [4.69, 9.17) is 9.63 Å². The Morgan fingerprint density at radius 1 is 1.83 bits per heavy atom. The highest BCUT2D eigenvalue weighted by Crippen LogP contribution is 2.19. The second-order valence-corrected chi connectivity index (χ2v) is 2.58. The van der Waals surface area contributed by atoms with Gasteiger partial charge in [-0.3, -0.25) is 0 Å². The van der Waals surface area contributed by atoms with E-state index in [-0.39, 0.29) is 11.9 Å². The van der Waals surface area contributed by atoms with Gasteiger partial charge in [-0.15, -0.1) is 0 Å². The summed E-state index contributed by atoms with van der Waals surface area (Å²) < 4.78 is 4.81. The molecule has 0 aliphatic carbocycles. The van der Waals surface area contributed by atoms with Crippen LogP contribution in [-0.4, -0.2) is 23.4 Å². The zero-order valence-electron chi connectivity index (χ0n) is 7.16. The van der Waals surface area contributed by atoms with Crippen LogP contribution >= 0.6 is 0 Å². The molecule has 4 nitrogen and oxygen atoms in total. The molecule has 0 spiro atoms. The van der Waals surface area contributed by atoms with Crippen molar-refractivity contribution < 1.29 is 9.63 Å². The molecule has 66 valence electrons. The van der Waals surface area contributed by atoms with Crippen molar-refractivity contribution in [3.8, 4) is 5.88 Å². The van der Waals surface area contributed by atoms with Gasteiger partial charge >= 0.3 is 0 Å². The summed E-state index contributed by atoms with van der Waals surface area (Å²) in [4.78, 5) is 0. The highest BCUT2D eigenvalue weighted by molar-refractivity contribution is 5.63. The largest absolute Gasteiger partial charge is 0.491 e. The van der Waals surface area contributed by atoms with E-state index in [1.807, 2.05) is 14.0 Å². The number of rotatable bonds is 3. The van der Waals surface area contributed by atoms with Crippen LogP contribution in [0.4, 0.5) is 0 Å². The maximum Gasteiger partial charge on any atom is 0.252 e. The Hall–Kier alpha value is -1.29. The Morgan fingerprint density at radius 3 is 2.92 bits per heavy atom. The molecule has 1 heterocycles. The molecule has 1 unspecified atom stereocenters. The Bertz CT molecular complexity index is 280. The summed E-state index contributed by atoms with van der Waals surface area (Å²) in [7, 11) is 1.83. The number of hydrogen-bond acceptors (Lipinski definition) is 4. The lowest BCUT2D eigenvalue weighted by molar-refractivity contribution is 0.354. The molecule has 0 radical (unpaired) electrons. The van der Waals surface area contributed by atoms with Crippen molar-refractivity contribution in [2.75, 3.05) is 7.05 Å². The summed E-state index contributed by atoms with van der Waals surface area (Å²) in [6, 6.07) is 1.55. The fraction of sp³-hybridized carbons (Fsp3) is 0.375.